The van der Waals surface area contributed by atoms with Crippen molar-refractivity contribution in [3.8, 4) is 0 Å². The van der Waals surface area contributed by atoms with Gasteiger partial charge < -0.3 is 15.5 Å². The minimum atomic E-state index is -1.14. The second-order valence-corrected chi connectivity index (χ2v) is 4.55. The molecule has 2 N–H and O–H groups in total. The highest BCUT2D eigenvalue weighted by molar-refractivity contribution is 7.95. The summed E-state index contributed by atoms with van der Waals surface area (Å²) in [6.45, 7) is 0. The molecule has 0 bridgehead atoms. The van der Waals surface area contributed by atoms with Crippen LogP contribution >= 0.6 is 12.0 Å². The van der Waals surface area contributed by atoms with Crippen molar-refractivity contribution in [2.45, 2.75) is 24.5 Å². The van der Waals surface area contributed by atoms with Crippen molar-refractivity contribution >= 4 is 24.0 Å². The van der Waals surface area contributed by atoms with E-state index >= 15 is 0 Å². The molecule has 8 heteroatoms. The van der Waals surface area contributed by atoms with E-state index in [1.54, 1.807) is 0 Å². The lowest BCUT2D eigenvalue weighted by Gasteiger charge is -2.30. The second kappa shape index (κ2) is 6.04. The molecule has 1 aliphatic carbocycles. The van der Waals surface area contributed by atoms with Crippen LogP contribution in [0.1, 0.15) is 19.3 Å². The third kappa shape index (κ3) is 3.34. The van der Waals surface area contributed by atoms with E-state index in [1.807, 2.05) is 0 Å². The summed E-state index contributed by atoms with van der Waals surface area (Å²) in [7, 11) is 0. The van der Waals surface area contributed by atoms with Crippen molar-refractivity contribution in [1.82, 2.24) is 0 Å². The van der Waals surface area contributed by atoms with Gasteiger partial charge in [0.25, 0.3) is 0 Å². The third-order valence-electron chi connectivity index (χ3n) is 2.64. The molecule has 0 aromatic carbocycles. The van der Waals surface area contributed by atoms with E-state index in [1.165, 1.54) is 0 Å². The maximum atomic E-state index is 10.9. The highest BCUT2D eigenvalue weighted by Crippen LogP contribution is 2.36. The van der Waals surface area contributed by atoms with Gasteiger partial charge in [0.2, 0.25) is 0 Å². The number of carbonyl (C=O) groups is 2. The maximum absolute atomic E-state index is 10.9. The number of aliphatic carboxylic acids is 2. The van der Waals surface area contributed by atoms with Crippen molar-refractivity contribution in [3.05, 3.63) is 0 Å². The number of hydrogen-bond donors (Lipinski definition) is 2. The predicted octanol–water partition coefficient (Wildman–Crippen LogP) is -0.188. The molecule has 92 valence electrons. The van der Waals surface area contributed by atoms with Gasteiger partial charge >= 0.3 is 11.9 Å². The molecular weight excluding hydrogens is 240 g/mol. The zero-order chi connectivity index (χ0) is 12.1. The zero-order valence-corrected chi connectivity index (χ0v) is 9.01. The topological polar surface area (TPSA) is 116 Å². The second-order valence-electron chi connectivity index (χ2n) is 3.56. The number of hydrogen-bond acceptors (Lipinski definition) is 6. The molecule has 0 spiro atoms. The normalized spacial score (nSPS) is 29.9. The van der Waals surface area contributed by atoms with E-state index in [9.17, 15) is 14.8 Å². The van der Waals surface area contributed by atoms with Gasteiger partial charge in [-0.25, -0.2) is 0 Å². The van der Waals surface area contributed by atoms with Crippen LogP contribution in [0.5, 0.6) is 0 Å². The monoisotopic (exact) mass is 251 g/mol. The van der Waals surface area contributed by atoms with Crippen LogP contribution in [0.3, 0.4) is 0 Å². The Kier molecular flexibility index (Phi) is 5.00. The van der Waals surface area contributed by atoms with Gasteiger partial charge in [-0.2, -0.15) is 4.33 Å². The van der Waals surface area contributed by atoms with Gasteiger partial charge in [0.05, 0.1) is 11.8 Å². The Balaban J connectivity index is 2.58. The van der Waals surface area contributed by atoms with E-state index in [2.05, 4.69) is 9.37 Å². The summed E-state index contributed by atoms with van der Waals surface area (Å²) < 4.78 is 4.12. The summed E-state index contributed by atoms with van der Waals surface area (Å²) in [5.74, 6) is -4.06. The van der Waals surface area contributed by atoms with Gasteiger partial charge in [-0.15, -0.1) is 0 Å². The van der Waals surface area contributed by atoms with E-state index in [0.717, 1.165) is 12.0 Å². The summed E-state index contributed by atoms with van der Waals surface area (Å²) in [6.07, 6.45) is 0.890. The summed E-state index contributed by atoms with van der Waals surface area (Å²) in [5, 5.41) is 30.3. The lowest BCUT2D eigenvalue weighted by Crippen LogP contribution is -2.36. The van der Waals surface area contributed by atoms with Gasteiger partial charge in [0.15, 0.2) is 0 Å². The van der Waals surface area contributed by atoms with Gasteiger partial charge in [-0.1, -0.05) is 0 Å². The SMILES string of the molecule is O=C(O)C1CCC(SOO[O-])CC1C(=O)O. The molecular formula is C8H11O7S-. The fourth-order valence-electron chi connectivity index (χ4n) is 1.86. The average Bonchev–Trinajstić information content (AvgIpc) is 2.25. The van der Waals surface area contributed by atoms with Crippen molar-refractivity contribution in [1.29, 1.82) is 0 Å². The molecule has 0 aliphatic heterocycles. The Hall–Kier alpha value is -0.830. The van der Waals surface area contributed by atoms with E-state index in [-0.39, 0.29) is 18.1 Å². The Morgan fingerprint density at radius 2 is 1.81 bits per heavy atom. The molecule has 16 heavy (non-hydrogen) atoms. The van der Waals surface area contributed by atoms with Crippen molar-refractivity contribution < 1.29 is 34.4 Å². The Bertz CT molecular complexity index is 269. The molecule has 3 atom stereocenters. The lowest BCUT2D eigenvalue weighted by molar-refractivity contribution is -0.777. The minimum absolute atomic E-state index is 0.153. The standard InChI is InChI=1S/C8H12O7S/c9-7(10)5-2-1-4(16-15-14-13)3-6(5)8(11)12/h4-6,13H,1-3H2,(H,9,10)(H,11,12)/p-1. The molecule has 0 radical (unpaired) electrons. The number of rotatable bonds is 5. The lowest BCUT2D eigenvalue weighted by atomic mass is 9.79. The van der Waals surface area contributed by atoms with Crippen LogP contribution in [0.4, 0.5) is 0 Å². The first-order chi connectivity index (χ1) is 7.56. The molecule has 7 nitrogen and oxygen atoms in total. The van der Waals surface area contributed by atoms with Crippen LogP contribution in [0.25, 0.3) is 0 Å². The number of carboxylic acids is 2. The highest BCUT2D eigenvalue weighted by atomic mass is 32.2. The molecule has 1 aliphatic rings. The predicted molar refractivity (Wildman–Crippen MR) is 49.7 cm³/mol. The van der Waals surface area contributed by atoms with Gasteiger partial charge in [0.1, 0.15) is 0 Å². The van der Waals surface area contributed by atoms with Crippen LogP contribution < -0.4 is 5.26 Å². The first kappa shape index (κ1) is 13.2. The van der Waals surface area contributed by atoms with Crippen LogP contribution in [-0.2, 0) is 19.0 Å². The summed E-state index contributed by atoms with van der Waals surface area (Å²) in [6, 6.07) is 0. The first-order valence-corrected chi connectivity index (χ1v) is 5.44. The largest absolute Gasteiger partial charge is 0.691 e. The molecule has 1 saturated carbocycles. The van der Waals surface area contributed by atoms with Gasteiger partial charge in [-0.05, 0) is 19.3 Å². The zero-order valence-electron chi connectivity index (χ0n) is 8.20. The smallest absolute Gasteiger partial charge is 0.307 e. The molecule has 3 unspecified atom stereocenters. The van der Waals surface area contributed by atoms with Gasteiger partial charge in [0, 0.05) is 17.3 Å². The quantitative estimate of drug-likeness (QED) is 0.392. The average molecular weight is 251 g/mol. The Morgan fingerprint density at radius 1 is 1.19 bits per heavy atom. The highest BCUT2D eigenvalue weighted by Gasteiger charge is 2.39. The summed E-state index contributed by atoms with van der Waals surface area (Å²) >= 11 is 0.741. The van der Waals surface area contributed by atoms with Crippen LogP contribution in [0, 0.1) is 11.8 Å². The molecule has 1 rings (SSSR count). The van der Waals surface area contributed by atoms with E-state index in [0.29, 0.717) is 6.42 Å². The van der Waals surface area contributed by atoms with Crippen LogP contribution in [0.2, 0.25) is 0 Å². The van der Waals surface area contributed by atoms with Crippen molar-refractivity contribution in [3.63, 3.8) is 0 Å². The third-order valence-corrected chi connectivity index (χ3v) is 3.47. The summed E-state index contributed by atoms with van der Waals surface area (Å²) in [4.78, 5) is 21.7. The molecule has 1 fully saturated rings. The Morgan fingerprint density at radius 3 is 2.31 bits per heavy atom. The van der Waals surface area contributed by atoms with Gasteiger partial charge in [-0.3, -0.25) is 14.6 Å². The minimum Gasteiger partial charge on any atom is -0.691 e. The van der Waals surface area contributed by atoms with Crippen molar-refractivity contribution in [2.24, 2.45) is 11.8 Å². The molecule has 0 heterocycles. The fraction of sp³-hybridized carbons (Fsp3) is 0.750. The molecule has 0 aromatic rings. The Labute approximate surface area is 95.4 Å². The van der Waals surface area contributed by atoms with Crippen LogP contribution in [0.15, 0.2) is 0 Å². The van der Waals surface area contributed by atoms with E-state index in [4.69, 9.17) is 10.2 Å². The van der Waals surface area contributed by atoms with E-state index < -0.39 is 23.8 Å². The van der Waals surface area contributed by atoms with Crippen molar-refractivity contribution in [2.75, 3.05) is 0 Å². The number of carboxylic acid groups (broad SMARTS) is 2. The first-order valence-electron chi connectivity index (χ1n) is 4.63. The fourth-order valence-corrected chi connectivity index (χ4v) is 2.52. The summed E-state index contributed by atoms with van der Waals surface area (Å²) in [5.41, 5.74) is 0. The molecule has 0 amide bonds. The van der Waals surface area contributed by atoms with Crippen LogP contribution in [-0.4, -0.2) is 27.4 Å². The molecule has 0 saturated heterocycles. The maximum Gasteiger partial charge on any atom is 0.307 e. The molecule has 0 aromatic heterocycles.